The smallest absolute Gasteiger partial charge is 0.333 e. The van der Waals surface area contributed by atoms with Crippen LogP contribution in [0.5, 0.6) is 0 Å². The maximum Gasteiger partial charge on any atom is 0.333 e. The summed E-state index contributed by atoms with van der Waals surface area (Å²) in [5, 5.41) is 6.24. The Morgan fingerprint density at radius 2 is 1.21 bits per heavy atom. The monoisotopic (exact) mass is 1430 g/mol. The van der Waals surface area contributed by atoms with E-state index in [1.807, 2.05) is 13.8 Å². The zero-order valence-electron chi connectivity index (χ0n) is 53.3. The molecule has 3 aliphatic heterocycles. The highest BCUT2D eigenvalue weighted by Gasteiger charge is 2.45. The lowest BCUT2D eigenvalue weighted by atomic mass is 9.75. The number of hydrogen-bond acceptors (Lipinski definition) is 19. The van der Waals surface area contributed by atoms with Crippen molar-refractivity contribution in [2.75, 3.05) is 23.7 Å². The number of nitrogens with zero attached hydrogens (tertiary/aromatic N) is 2. The third kappa shape index (κ3) is 18.0. The van der Waals surface area contributed by atoms with E-state index in [1.54, 1.807) is 48.3 Å². The van der Waals surface area contributed by atoms with Gasteiger partial charge in [-0.3, -0.25) is 42.2 Å². The Morgan fingerprint density at radius 3 is 1.84 bits per heavy atom. The molecule has 8 rings (SSSR count). The van der Waals surface area contributed by atoms with E-state index >= 15 is 0 Å². The van der Waals surface area contributed by atoms with Gasteiger partial charge in [-0.15, -0.1) is 5.06 Å². The second-order valence-corrected chi connectivity index (χ2v) is 32.5. The molecule has 4 aromatic carbocycles. The van der Waals surface area contributed by atoms with Crippen molar-refractivity contribution in [1.29, 1.82) is 0 Å². The maximum atomic E-state index is 13.8. The summed E-state index contributed by atoms with van der Waals surface area (Å²) >= 11 is 0. The second kappa shape index (κ2) is 30.4. The minimum Gasteiger partial charge on any atom is -0.744 e. The summed E-state index contributed by atoms with van der Waals surface area (Å²) < 4.78 is 181. The lowest BCUT2D eigenvalue weighted by Gasteiger charge is -2.31. The molecule has 2 atom stereocenters. The molecule has 4 aliphatic rings. The minimum absolute atomic E-state index is 0.00991. The second-order valence-electron chi connectivity index (χ2n) is 25.3. The largest absolute Gasteiger partial charge is 0.744 e. The average Bonchev–Trinajstić information content (AvgIpc) is 1.53. The van der Waals surface area contributed by atoms with Gasteiger partial charge in [-0.2, -0.15) is 33.7 Å². The molecule has 31 heteroatoms. The van der Waals surface area contributed by atoms with Gasteiger partial charge >= 0.3 is 5.97 Å². The minimum atomic E-state index is -5.30. The fourth-order valence-corrected chi connectivity index (χ4v) is 16.7. The van der Waals surface area contributed by atoms with Gasteiger partial charge in [0.2, 0.25) is 11.8 Å². The highest BCUT2D eigenvalue weighted by atomic mass is 32.2. The molecule has 0 spiro atoms. The van der Waals surface area contributed by atoms with Crippen LogP contribution >= 0.6 is 0 Å². The van der Waals surface area contributed by atoms with Crippen molar-refractivity contribution in [3.05, 3.63) is 107 Å². The standard InChI is InChI=1S/C65H80N4O22S5/c1-64(2)50-21-10-7-12-24-56-65(3,63-49-39-43(94(82,83)84)41-55(96(88,89)90)46(49)30-31-52(63)68(56)36-19-37-92(76,77)78)34-17-8-14-25-57(71)66-35-18-16-22-51(53(70)23-11-4-5-15-27-61(75)91-69-59(73)32-33-60(69)74)67-58(72)26-13-6-9-20-44(50)47-29-28-45-48(62(47)64)38-42(93(79,80)81)40-54(45)95(85,86)87/h7,10,12,21,24,28-31,38-41,51H,4-6,8-9,11,13-20,22-23,25-27,32-37H2,1-3H3,(H,66,71)(H,67,72)(H,76,77,78)(H,79,80,81)(H,82,83,84)(H,85,86,87)(H,88,89,90)/p-1/b12-7+,21-10?,56-24-. The van der Waals surface area contributed by atoms with Crippen LogP contribution in [0.1, 0.15) is 179 Å². The van der Waals surface area contributed by atoms with Crippen molar-refractivity contribution in [2.24, 2.45) is 0 Å². The van der Waals surface area contributed by atoms with E-state index in [0.29, 0.717) is 134 Å². The van der Waals surface area contributed by atoms with E-state index in [4.69, 9.17) is 4.84 Å². The SMILES string of the molecule is CC1(C)C2=C(CCCCCC(=O)NC(C(=O)CCCCCCC(=O)ON3C(=O)CCC3=O)CCCCNC(=O)CCCCCC3(C)/C(=C/C=C/C=C2)N(CCCS(=O)(=O)O)c2ccc4c(S(=O)(=O)O)cc(S(=O)(=O)O)cc4c23)c2ccc3c(S(=O)(=O)O)cc(S(=O)(=O)[O-])cc3c21. The van der Waals surface area contributed by atoms with Crippen LogP contribution in [0.3, 0.4) is 0 Å². The molecule has 0 aromatic heterocycles. The Balaban J connectivity index is 1.14. The number of ketones is 1. The molecular weight excluding hydrogens is 1350 g/mol. The number of carbonyl (C=O) groups excluding carboxylic acids is 6. The van der Waals surface area contributed by atoms with Crippen molar-refractivity contribution in [2.45, 2.75) is 198 Å². The topological polar surface area (TPSA) is 417 Å². The van der Waals surface area contributed by atoms with E-state index in [2.05, 4.69) is 10.6 Å². The van der Waals surface area contributed by atoms with Crippen LogP contribution in [0.15, 0.2) is 110 Å². The average molecular weight is 1430 g/mol. The summed E-state index contributed by atoms with van der Waals surface area (Å²) in [5.74, 6) is -3.40. The Bertz CT molecular complexity index is 4480. The number of allylic oxidation sites excluding steroid dienone is 8. The van der Waals surface area contributed by atoms with Crippen LogP contribution in [-0.4, -0.2) is 130 Å². The van der Waals surface area contributed by atoms with Gasteiger partial charge in [0.05, 0.1) is 21.6 Å². The normalized spacial score (nSPS) is 21.1. The summed E-state index contributed by atoms with van der Waals surface area (Å²) in [5.41, 5.74) is 1.34. The quantitative estimate of drug-likeness (QED) is 0.0326. The molecule has 522 valence electrons. The summed E-state index contributed by atoms with van der Waals surface area (Å²) in [6, 6.07) is 8.48. The number of fused-ring (bicyclic) bond motifs is 9. The van der Waals surface area contributed by atoms with Crippen LogP contribution in [0.2, 0.25) is 0 Å². The van der Waals surface area contributed by atoms with E-state index in [-0.39, 0.29) is 110 Å². The van der Waals surface area contributed by atoms with Crippen molar-refractivity contribution < 1.29 is 98.5 Å². The zero-order chi connectivity index (χ0) is 70.3. The first-order valence-corrected chi connectivity index (χ1v) is 39.0. The number of Topliss-reactive ketones (excluding diaryl/α,β-unsaturated/α-hetero) is 1. The fourth-order valence-electron chi connectivity index (χ4n) is 13.5. The number of amides is 4. The summed E-state index contributed by atoms with van der Waals surface area (Å²) in [6.45, 7) is 5.62. The lowest BCUT2D eigenvalue weighted by Crippen LogP contribution is -2.40. The molecule has 0 bridgehead atoms. The molecule has 26 nitrogen and oxygen atoms in total. The third-order valence-electron chi connectivity index (χ3n) is 18.1. The van der Waals surface area contributed by atoms with Gasteiger partial charge < -0.3 is 24.9 Å². The number of nitrogens with one attached hydrogen (secondary N) is 2. The molecule has 96 heavy (non-hydrogen) atoms. The van der Waals surface area contributed by atoms with Crippen molar-refractivity contribution >= 4 is 119 Å². The fraction of sp³-hybridized carbons (Fsp3) is 0.477. The first kappa shape index (κ1) is 74.7. The van der Waals surface area contributed by atoms with Gasteiger partial charge in [0.1, 0.15) is 19.9 Å². The van der Waals surface area contributed by atoms with E-state index in [1.165, 1.54) is 18.2 Å². The first-order chi connectivity index (χ1) is 44.9. The molecule has 4 aromatic rings. The molecule has 1 saturated heterocycles. The van der Waals surface area contributed by atoms with Crippen LogP contribution in [0, 0.1) is 0 Å². The molecule has 1 fully saturated rings. The van der Waals surface area contributed by atoms with Gasteiger partial charge in [-0.25, -0.2) is 13.2 Å². The number of hydrogen-bond donors (Lipinski definition) is 6. The summed E-state index contributed by atoms with van der Waals surface area (Å²) in [6.07, 6.45) is 14.7. The Morgan fingerprint density at radius 1 is 0.615 bits per heavy atom. The molecule has 6 N–H and O–H groups in total. The predicted octanol–water partition coefficient (Wildman–Crippen LogP) is 8.94. The van der Waals surface area contributed by atoms with Gasteiger partial charge in [0.15, 0.2) is 5.78 Å². The molecule has 2 unspecified atom stereocenters. The number of rotatable bonds is 17. The number of benzene rings is 4. The van der Waals surface area contributed by atoms with Crippen molar-refractivity contribution in [3.8, 4) is 0 Å². The summed E-state index contributed by atoms with van der Waals surface area (Å²) in [7, 11) is -25.2. The Kier molecular flexibility index (Phi) is 23.6. The molecular formula is C65H79N4O22S5-. The first-order valence-electron chi connectivity index (χ1n) is 31.7. The summed E-state index contributed by atoms with van der Waals surface area (Å²) in [4.78, 5) is 80.1. The molecule has 1 aliphatic carbocycles. The molecule has 3 heterocycles. The predicted molar refractivity (Wildman–Crippen MR) is 352 cm³/mol. The number of imide groups is 1. The number of anilines is 1. The van der Waals surface area contributed by atoms with Crippen molar-refractivity contribution in [1.82, 2.24) is 15.7 Å². The molecule has 4 amide bonds. The Hall–Kier alpha value is -7.07. The van der Waals surface area contributed by atoms with Gasteiger partial charge in [-0.05, 0) is 153 Å². The van der Waals surface area contributed by atoms with E-state index < -0.39 is 111 Å². The number of unbranched alkanes of at least 4 members (excludes halogenated alkanes) is 3. The highest BCUT2D eigenvalue weighted by Crippen LogP contribution is 2.55. The van der Waals surface area contributed by atoms with Crippen LogP contribution in [0.25, 0.3) is 27.1 Å². The van der Waals surface area contributed by atoms with E-state index in [9.17, 15) is 93.6 Å². The van der Waals surface area contributed by atoms with E-state index in [0.717, 1.165) is 17.7 Å². The maximum absolute atomic E-state index is 13.8. The van der Waals surface area contributed by atoms with Crippen molar-refractivity contribution in [3.63, 3.8) is 0 Å². The third-order valence-corrected chi connectivity index (χ3v) is 22.3. The number of hydroxylamine groups is 2. The van der Waals surface area contributed by atoms with Crippen LogP contribution in [-0.2, 0) is 95.0 Å². The molecule has 0 radical (unpaired) electrons. The van der Waals surface area contributed by atoms with Crippen LogP contribution in [0.4, 0.5) is 5.69 Å². The van der Waals surface area contributed by atoms with Gasteiger partial charge in [0, 0.05) is 84.6 Å². The number of carbonyl (C=O) groups is 6. The van der Waals surface area contributed by atoms with Gasteiger partial charge in [0.25, 0.3) is 52.3 Å². The molecule has 0 saturated carbocycles. The zero-order valence-corrected chi connectivity index (χ0v) is 57.4. The Labute approximate surface area is 558 Å². The highest BCUT2D eigenvalue weighted by molar-refractivity contribution is 7.87. The lowest BCUT2D eigenvalue weighted by molar-refractivity contribution is -0.197. The van der Waals surface area contributed by atoms with Crippen LogP contribution < -0.4 is 15.5 Å². The van der Waals surface area contributed by atoms with Gasteiger partial charge in [-0.1, -0.05) is 88.5 Å².